The molecule has 6 nitrogen and oxygen atoms in total. The average Bonchev–Trinajstić information content (AvgIpc) is 2.45. The molecule has 1 rings (SSSR count). The summed E-state index contributed by atoms with van der Waals surface area (Å²) in [5.74, 6) is 0.575. The molecule has 0 amide bonds. The van der Waals surface area contributed by atoms with Gasteiger partial charge < -0.3 is 15.0 Å². The van der Waals surface area contributed by atoms with E-state index in [4.69, 9.17) is 4.74 Å². The lowest BCUT2D eigenvalue weighted by molar-refractivity contribution is 0.206. The van der Waals surface area contributed by atoms with E-state index in [1.165, 1.54) is 4.68 Å². The molecule has 0 saturated heterocycles. The second-order valence-corrected chi connectivity index (χ2v) is 5.68. The van der Waals surface area contributed by atoms with Crippen LogP contribution in [0.25, 0.3) is 0 Å². The fourth-order valence-corrected chi connectivity index (χ4v) is 1.79. The highest BCUT2D eigenvalue weighted by molar-refractivity contribution is 5.41. The number of aromatic nitrogens is 2. The predicted molar refractivity (Wildman–Crippen MR) is 85.9 cm³/mol. The molecule has 0 aliphatic heterocycles. The lowest BCUT2D eigenvalue weighted by Crippen LogP contribution is -2.36. The molecule has 0 saturated carbocycles. The molecule has 0 radical (unpaired) electrons. The highest BCUT2D eigenvalue weighted by Crippen LogP contribution is 2.06. The van der Waals surface area contributed by atoms with Crippen molar-refractivity contribution in [1.29, 1.82) is 0 Å². The number of hydrogen-bond donors (Lipinski definition) is 1. The van der Waals surface area contributed by atoms with Crippen molar-refractivity contribution in [2.75, 3.05) is 38.8 Å². The smallest absolute Gasteiger partial charge is 0.268 e. The fourth-order valence-electron chi connectivity index (χ4n) is 1.79. The number of rotatable bonds is 9. The molecule has 1 N–H and O–H groups in total. The highest BCUT2D eigenvalue weighted by Gasteiger charge is 2.07. The minimum atomic E-state index is -0.0734. The van der Waals surface area contributed by atoms with Gasteiger partial charge in [-0.2, -0.15) is 5.10 Å². The molecule has 1 aromatic heterocycles. The maximum atomic E-state index is 12.0. The average molecular weight is 296 g/mol. The number of nitrogens with zero attached hydrogens (tertiary/aromatic N) is 3. The summed E-state index contributed by atoms with van der Waals surface area (Å²) >= 11 is 0. The van der Waals surface area contributed by atoms with Crippen LogP contribution in [0.4, 0.5) is 5.69 Å². The van der Waals surface area contributed by atoms with Crippen LogP contribution >= 0.6 is 0 Å². The van der Waals surface area contributed by atoms with Gasteiger partial charge in [-0.1, -0.05) is 13.8 Å². The largest absolute Gasteiger partial charge is 0.383 e. The number of methoxy groups -OCH3 is 1. The minimum Gasteiger partial charge on any atom is -0.383 e. The fraction of sp³-hybridized carbons (Fsp3) is 0.733. The molecule has 0 aromatic carbocycles. The number of nitrogens with one attached hydrogen (secondary N) is 1. The quantitative estimate of drug-likeness (QED) is 0.735. The molecule has 120 valence electrons. The van der Waals surface area contributed by atoms with Gasteiger partial charge in [-0.25, -0.2) is 4.68 Å². The zero-order valence-electron chi connectivity index (χ0n) is 13.8. The summed E-state index contributed by atoms with van der Waals surface area (Å²) in [4.78, 5) is 14.0. The standard InChI is InChI=1S/C15H28N4O2/c1-12(2)13(3)16-6-7-19-15(20)10-14(11-17-19)18(4)8-9-21-5/h10-13,16H,6-9H2,1-5H3. The summed E-state index contributed by atoms with van der Waals surface area (Å²) < 4.78 is 6.52. The predicted octanol–water partition coefficient (Wildman–Crippen LogP) is 0.960. The Morgan fingerprint density at radius 2 is 2.14 bits per heavy atom. The number of ether oxygens (including phenoxy) is 1. The molecule has 0 aliphatic carbocycles. The first-order valence-electron chi connectivity index (χ1n) is 7.46. The second-order valence-electron chi connectivity index (χ2n) is 5.68. The van der Waals surface area contributed by atoms with Gasteiger partial charge in [0.25, 0.3) is 5.56 Å². The molecule has 1 atom stereocenters. The Labute approximate surface area is 127 Å². The first-order chi connectivity index (χ1) is 9.95. The summed E-state index contributed by atoms with van der Waals surface area (Å²) in [7, 11) is 3.58. The summed E-state index contributed by atoms with van der Waals surface area (Å²) in [6.07, 6.45) is 1.73. The molecule has 6 heteroatoms. The Morgan fingerprint density at radius 1 is 1.43 bits per heavy atom. The third-order valence-electron chi connectivity index (χ3n) is 3.72. The van der Waals surface area contributed by atoms with Crippen LogP contribution in [0.3, 0.4) is 0 Å². The molecular formula is C15H28N4O2. The van der Waals surface area contributed by atoms with Crippen LogP contribution in [0.15, 0.2) is 17.1 Å². The third kappa shape index (κ3) is 5.85. The Hall–Kier alpha value is -1.40. The van der Waals surface area contributed by atoms with E-state index in [1.807, 2.05) is 11.9 Å². The zero-order valence-corrected chi connectivity index (χ0v) is 13.8. The van der Waals surface area contributed by atoms with Crippen molar-refractivity contribution in [1.82, 2.24) is 15.1 Å². The van der Waals surface area contributed by atoms with Crippen molar-refractivity contribution in [3.05, 3.63) is 22.6 Å². The van der Waals surface area contributed by atoms with Gasteiger partial charge in [0, 0.05) is 39.4 Å². The Morgan fingerprint density at radius 3 is 2.71 bits per heavy atom. The third-order valence-corrected chi connectivity index (χ3v) is 3.72. The maximum absolute atomic E-state index is 12.0. The molecule has 21 heavy (non-hydrogen) atoms. The van der Waals surface area contributed by atoms with Crippen LogP contribution in [0, 0.1) is 5.92 Å². The van der Waals surface area contributed by atoms with Crippen LogP contribution in [-0.4, -0.2) is 49.7 Å². The number of likely N-dealkylation sites (N-methyl/N-ethyl adjacent to an activating group) is 1. The van der Waals surface area contributed by atoms with E-state index in [0.29, 0.717) is 25.1 Å². The summed E-state index contributed by atoms with van der Waals surface area (Å²) in [5.41, 5.74) is 0.743. The lowest BCUT2D eigenvalue weighted by atomic mass is 10.1. The zero-order chi connectivity index (χ0) is 15.8. The Balaban J connectivity index is 2.56. The number of anilines is 1. The second kappa shape index (κ2) is 8.79. The first-order valence-corrected chi connectivity index (χ1v) is 7.46. The summed E-state index contributed by atoms with van der Waals surface area (Å²) in [6.45, 7) is 9.17. The molecule has 0 aliphatic rings. The van der Waals surface area contributed by atoms with E-state index in [9.17, 15) is 4.79 Å². The lowest BCUT2D eigenvalue weighted by Gasteiger charge is -2.19. The van der Waals surface area contributed by atoms with Crippen molar-refractivity contribution < 1.29 is 4.74 Å². The molecular weight excluding hydrogens is 268 g/mol. The SMILES string of the molecule is COCCN(C)c1cnn(CCNC(C)C(C)C)c(=O)c1. The normalized spacial score (nSPS) is 12.7. The van der Waals surface area contributed by atoms with E-state index in [2.05, 4.69) is 31.2 Å². The van der Waals surface area contributed by atoms with E-state index >= 15 is 0 Å². The summed E-state index contributed by atoms with van der Waals surface area (Å²) in [6, 6.07) is 2.05. The van der Waals surface area contributed by atoms with Gasteiger partial charge in [-0.3, -0.25) is 4.79 Å². The summed E-state index contributed by atoms with van der Waals surface area (Å²) in [5, 5.41) is 7.63. The Bertz CT molecular complexity index is 473. The molecule has 1 heterocycles. The van der Waals surface area contributed by atoms with Crippen LogP contribution in [0.1, 0.15) is 20.8 Å². The Kier molecular flexibility index (Phi) is 7.39. The molecule has 1 unspecified atom stereocenters. The van der Waals surface area contributed by atoms with Gasteiger partial charge in [0.2, 0.25) is 0 Å². The van der Waals surface area contributed by atoms with Crippen molar-refractivity contribution in [3.8, 4) is 0 Å². The van der Waals surface area contributed by atoms with Gasteiger partial charge in [-0.15, -0.1) is 0 Å². The van der Waals surface area contributed by atoms with E-state index in [-0.39, 0.29) is 5.56 Å². The molecule has 0 fully saturated rings. The van der Waals surface area contributed by atoms with Gasteiger partial charge in [0.1, 0.15) is 0 Å². The van der Waals surface area contributed by atoms with Crippen LogP contribution < -0.4 is 15.8 Å². The van der Waals surface area contributed by atoms with Crippen molar-refractivity contribution in [2.45, 2.75) is 33.4 Å². The van der Waals surface area contributed by atoms with Gasteiger partial charge >= 0.3 is 0 Å². The monoisotopic (exact) mass is 296 g/mol. The highest BCUT2D eigenvalue weighted by atomic mass is 16.5. The number of hydrogen-bond acceptors (Lipinski definition) is 5. The van der Waals surface area contributed by atoms with Gasteiger partial charge in [-0.05, 0) is 12.8 Å². The maximum Gasteiger partial charge on any atom is 0.268 e. The molecule has 0 spiro atoms. The van der Waals surface area contributed by atoms with E-state index in [1.54, 1.807) is 19.4 Å². The van der Waals surface area contributed by atoms with Crippen molar-refractivity contribution in [2.24, 2.45) is 5.92 Å². The van der Waals surface area contributed by atoms with Gasteiger partial charge in [0.15, 0.2) is 0 Å². The first kappa shape index (κ1) is 17.7. The van der Waals surface area contributed by atoms with Crippen LogP contribution in [-0.2, 0) is 11.3 Å². The van der Waals surface area contributed by atoms with Crippen molar-refractivity contribution in [3.63, 3.8) is 0 Å². The minimum absolute atomic E-state index is 0.0734. The van der Waals surface area contributed by atoms with Crippen molar-refractivity contribution >= 4 is 5.69 Å². The molecule has 0 bridgehead atoms. The van der Waals surface area contributed by atoms with E-state index in [0.717, 1.165) is 18.8 Å². The van der Waals surface area contributed by atoms with Crippen LogP contribution in [0.5, 0.6) is 0 Å². The van der Waals surface area contributed by atoms with Crippen LogP contribution in [0.2, 0.25) is 0 Å². The van der Waals surface area contributed by atoms with Gasteiger partial charge in [0.05, 0.1) is 25.0 Å². The molecule has 1 aromatic rings. The van der Waals surface area contributed by atoms with E-state index < -0.39 is 0 Å². The topological polar surface area (TPSA) is 59.4 Å².